The van der Waals surface area contributed by atoms with Gasteiger partial charge in [-0.3, -0.25) is 0 Å². The summed E-state index contributed by atoms with van der Waals surface area (Å²) in [6, 6.07) is 6.17. The summed E-state index contributed by atoms with van der Waals surface area (Å²) in [6.07, 6.45) is 0.905. The lowest BCUT2D eigenvalue weighted by Gasteiger charge is -2.41. The van der Waals surface area contributed by atoms with Crippen molar-refractivity contribution < 1.29 is 14.6 Å². The van der Waals surface area contributed by atoms with Crippen molar-refractivity contribution in [1.29, 1.82) is 0 Å². The van der Waals surface area contributed by atoms with Crippen LogP contribution in [-0.4, -0.2) is 30.5 Å². The van der Waals surface area contributed by atoms with E-state index in [2.05, 4.69) is 13.0 Å². The van der Waals surface area contributed by atoms with E-state index in [-0.39, 0.29) is 0 Å². The predicted octanol–water partition coefficient (Wildman–Crippen LogP) is 2.92. The second-order valence-electron chi connectivity index (χ2n) is 5.37. The topological polar surface area (TPSA) is 38.7 Å². The Hall–Kier alpha value is -0.900. The van der Waals surface area contributed by atoms with E-state index in [4.69, 9.17) is 9.47 Å². The van der Waals surface area contributed by atoms with Crippen molar-refractivity contribution in [2.75, 3.05) is 19.8 Å². The van der Waals surface area contributed by atoms with Crippen molar-refractivity contribution in [3.05, 3.63) is 34.9 Å². The molecule has 1 fully saturated rings. The van der Waals surface area contributed by atoms with Crippen molar-refractivity contribution in [1.82, 2.24) is 0 Å². The van der Waals surface area contributed by atoms with E-state index in [1.807, 2.05) is 26.0 Å². The molecule has 0 amide bonds. The quantitative estimate of drug-likeness (QED) is 0.908. The molecule has 0 radical (unpaired) electrons. The molecule has 106 valence electrons. The largest absolute Gasteiger partial charge is 0.385 e. The van der Waals surface area contributed by atoms with Gasteiger partial charge in [-0.2, -0.15) is 0 Å². The molecule has 1 aromatic carbocycles. The Morgan fingerprint density at radius 1 is 1.32 bits per heavy atom. The summed E-state index contributed by atoms with van der Waals surface area (Å²) in [5.41, 5.74) is 2.82. The van der Waals surface area contributed by atoms with Crippen molar-refractivity contribution in [2.45, 2.75) is 45.3 Å². The molecular formula is C16H24O3. The third-order valence-corrected chi connectivity index (χ3v) is 3.99. The second-order valence-corrected chi connectivity index (χ2v) is 5.37. The minimum Gasteiger partial charge on any atom is -0.385 e. The first-order valence-corrected chi connectivity index (χ1v) is 7.06. The summed E-state index contributed by atoms with van der Waals surface area (Å²) in [4.78, 5) is 0. The molecule has 0 aliphatic carbocycles. The highest BCUT2D eigenvalue weighted by Crippen LogP contribution is 2.38. The first-order valence-electron chi connectivity index (χ1n) is 7.06. The van der Waals surface area contributed by atoms with Crippen LogP contribution < -0.4 is 0 Å². The van der Waals surface area contributed by atoms with Crippen molar-refractivity contribution in [2.24, 2.45) is 0 Å². The molecule has 1 aliphatic heterocycles. The van der Waals surface area contributed by atoms with Crippen LogP contribution in [0.25, 0.3) is 0 Å². The maximum atomic E-state index is 10.8. The number of hydrogen-bond acceptors (Lipinski definition) is 3. The molecule has 1 atom stereocenters. The number of aryl methyl sites for hydroxylation is 2. The third-order valence-electron chi connectivity index (χ3n) is 3.99. The van der Waals surface area contributed by atoms with E-state index < -0.39 is 11.7 Å². The molecule has 1 saturated heterocycles. The van der Waals surface area contributed by atoms with Gasteiger partial charge in [0, 0.05) is 32.7 Å². The Morgan fingerprint density at radius 2 is 2.00 bits per heavy atom. The summed E-state index contributed by atoms with van der Waals surface area (Å²) in [7, 11) is 0. The van der Waals surface area contributed by atoms with Crippen LogP contribution in [0.2, 0.25) is 0 Å². The molecule has 1 aromatic rings. The van der Waals surface area contributed by atoms with Gasteiger partial charge in [0.25, 0.3) is 0 Å². The van der Waals surface area contributed by atoms with E-state index in [1.54, 1.807) is 0 Å². The van der Waals surface area contributed by atoms with Gasteiger partial charge in [-0.05, 0) is 31.9 Å². The molecule has 0 saturated carbocycles. The summed E-state index contributed by atoms with van der Waals surface area (Å²) in [5, 5.41) is 10.8. The van der Waals surface area contributed by atoms with Gasteiger partial charge >= 0.3 is 0 Å². The summed E-state index contributed by atoms with van der Waals surface area (Å²) >= 11 is 0. The van der Waals surface area contributed by atoms with Gasteiger partial charge in [-0.15, -0.1) is 0 Å². The van der Waals surface area contributed by atoms with Crippen LogP contribution in [0.3, 0.4) is 0 Å². The minimum absolute atomic E-state index is 0.493. The highest BCUT2D eigenvalue weighted by atomic mass is 16.5. The lowest BCUT2D eigenvalue weighted by atomic mass is 9.82. The molecule has 0 aromatic heterocycles. The summed E-state index contributed by atoms with van der Waals surface area (Å²) < 4.78 is 11.4. The molecule has 3 nitrogen and oxygen atoms in total. The van der Waals surface area contributed by atoms with Crippen LogP contribution in [-0.2, 0) is 9.47 Å². The monoisotopic (exact) mass is 264 g/mol. The first-order chi connectivity index (χ1) is 9.09. The summed E-state index contributed by atoms with van der Waals surface area (Å²) in [6.45, 7) is 8.01. The standard InChI is InChI=1S/C16H24O3/c1-4-19-16(7-9-18-10-8-16)15(17)14-6-5-12(2)11-13(14)3/h5-6,11,15,17H,4,7-10H2,1-3H3. The Bertz CT molecular complexity index is 416. The van der Waals surface area contributed by atoms with Crippen LogP contribution in [0.1, 0.15) is 42.6 Å². The van der Waals surface area contributed by atoms with E-state index in [1.165, 1.54) is 5.56 Å². The molecular weight excluding hydrogens is 240 g/mol. The fourth-order valence-electron chi connectivity index (χ4n) is 2.92. The van der Waals surface area contributed by atoms with Crippen molar-refractivity contribution >= 4 is 0 Å². The van der Waals surface area contributed by atoms with Gasteiger partial charge in [0.2, 0.25) is 0 Å². The fraction of sp³-hybridized carbons (Fsp3) is 0.625. The predicted molar refractivity (Wildman–Crippen MR) is 75.3 cm³/mol. The number of rotatable bonds is 4. The highest BCUT2D eigenvalue weighted by molar-refractivity contribution is 5.33. The number of aliphatic hydroxyl groups excluding tert-OH is 1. The summed E-state index contributed by atoms with van der Waals surface area (Å²) in [5.74, 6) is 0. The van der Waals surface area contributed by atoms with Crippen LogP contribution >= 0.6 is 0 Å². The van der Waals surface area contributed by atoms with E-state index in [9.17, 15) is 5.11 Å². The van der Waals surface area contributed by atoms with Crippen LogP contribution in [0, 0.1) is 13.8 Å². The van der Waals surface area contributed by atoms with Gasteiger partial charge in [0.15, 0.2) is 0 Å². The van der Waals surface area contributed by atoms with Gasteiger partial charge in [-0.1, -0.05) is 23.8 Å². The molecule has 19 heavy (non-hydrogen) atoms. The fourth-order valence-corrected chi connectivity index (χ4v) is 2.92. The molecule has 0 bridgehead atoms. The van der Waals surface area contributed by atoms with Gasteiger partial charge in [-0.25, -0.2) is 0 Å². The maximum Gasteiger partial charge on any atom is 0.108 e. The average molecular weight is 264 g/mol. The Labute approximate surface area is 115 Å². The molecule has 1 N–H and O–H groups in total. The normalized spacial score (nSPS) is 20.2. The van der Waals surface area contributed by atoms with Crippen LogP contribution in [0.15, 0.2) is 18.2 Å². The highest BCUT2D eigenvalue weighted by Gasteiger charge is 2.41. The third kappa shape index (κ3) is 2.99. The zero-order valence-electron chi connectivity index (χ0n) is 12.1. The van der Waals surface area contributed by atoms with Crippen molar-refractivity contribution in [3.63, 3.8) is 0 Å². The minimum atomic E-state index is -0.586. The molecule has 0 spiro atoms. The Morgan fingerprint density at radius 3 is 2.58 bits per heavy atom. The molecule has 2 rings (SSSR count). The SMILES string of the molecule is CCOC1(C(O)c2ccc(C)cc2C)CCOCC1. The zero-order valence-corrected chi connectivity index (χ0v) is 12.1. The van der Waals surface area contributed by atoms with E-state index >= 15 is 0 Å². The average Bonchev–Trinajstić information content (AvgIpc) is 2.39. The second kappa shape index (κ2) is 6.04. The maximum absolute atomic E-state index is 10.8. The molecule has 1 unspecified atom stereocenters. The number of ether oxygens (including phenoxy) is 2. The number of hydrogen-bond donors (Lipinski definition) is 1. The number of benzene rings is 1. The Balaban J connectivity index is 2.30. The van der Waals surface area contributed by atoms with Gasteiger partial charge in [0.05, 0.1) is 0 Å². The molecule has 3 heteroatoms. The smallest absolute Gasteiger partial charge is 0.108 e. The first kappa shape index (κ1) is 14.5. The Kier molecular flexibility index (Phi) is 4.61. The van der Waals surface area contributed by atoms with Crippen molar-refractivity contribution in [3.8, 4) is 0 Å². The van der Waals surface area contributed by atoms with Gasteiger partial charge in [0.1, 0.15) is 11.7 Å². The van der Waals surface area contributed by atoms with Crippen LogP contribution in [0.5, 0.6) is 0 Å². The molecule has 1 aliphatic rings. The van der Waals surface area contributed by atoms with E-state index in [0.717, 1.165) is 24.0 Å². The molecule has 1 heterocycles. The van der Waals surface area contributed by atoms with Crippen LogP contribution in [0.4, 0.5) is 0 Å². The van der Waals surface area contributed by atoms with E-state index in [0.29, 0.717) is 19.8 Å². The lowest BCUT2D eigenvalue weighted by molar-refractivity contribution is -0.168. The van der Waals surface area contributed by atoms with Gasteiger partial charge < -0.3 is 14.6 Å². The lowest BCUT2D eigenvalue weighted by Crippen LogP contribution is -2.44. The number of aliphatic hydroxyl groups is 1. The zero-order chi connectivity index (χ0) is 13.9.